The average molecular weight is 348 g/mol. The van der Waals surface area contributed by atoms with Gasteiger partial charge in [0.15, 0.2) is 0 Å². The third-order valence-electron chi connectivity index (χ3n) is 4.45. The SMILES string of the molecule is CCCN(CCC)C(=O)CCC(=O)N1CCCC(C(C)N)C1.Cl. The van der Waals surface area contributed by atoms with Crippen LogP contribution in [0.1, 0.15) is 59.3 Å². The first-order chi connectivity index (χ1) is 10.5. The van der Waals surface area contributed by atoms with Crippen LogP contribution in [0.4, 0.5) is 0 Å². The monoisotopic (exact) mass is 347 g/mol. The molecule has 1 saturated heterocycles. The van der Waals surface area contributed by atoms with E-state index in [4.69, 9.17) is 5.73 Å². The highest BCUT2D eigenvalue weighted by Crippen LogP contribution is 2.19. The highest BCUT2D eigenvalue weighted by atomic mass is 35.5. The van der Waals surface area contributed by atoms with Crippen molar-refractivity contribution in [1.82, 2.24) is 9.80 Å². The lowest BCUT2D eigenvalue weighted by atomic mass is 9.92. The topological polar surface area (TPSA) is 66.6 Å². The molecule has 0 saturated carbocycles. The van der Waals surface area contributed by atoms with E-state index in [-0.39, 0.29) is 30.3 Å². The highest BCUT2D eigenvalue weighted by Gasteiger charge is 2.26. The first-order valence-corrected chi connectivity index (χ1v) is 8.80. The van der Waals surface area contributed by atoms with E-state index < -0.39 is 0 Å². The molecule has 2 amide bonds. The maximum atomic E-state index is 12.3. The van der Waals surface area contributed by atoms with Crippen LogP contribution in [-0.2, 0) is 9.59 Å². The fourth-order valence-corrected chi connectivity index (χ4v) is 3.10. The van der Waals surface area contributed by atoms with Gasteiger partial charge in [-0.25, -0.2) is 0 Å². The van der Waals surface area contributed by atoms with E-state index in [9.17, 15) is 9.59 Å². The van der Waals surface area contributed by atoms with Gasteiger partial charge in [-0.2, -0.15) is 0 Å². The number of hydrogen-bond donors (Lipinski definition) is 1. The van der Waals surface area contributed by atoms with Crippen LogP contribution in [-0.4, -0.2) is 53.8 Å². The summed E-state index contributed by atoms with van der Waals surface area (Å²) in [5.74, 6) is 0.606. The summed E-state index contributed by atoms with van der Waals surface area (Å²) in [6, 6.07) is 0.127. The van der Waals surface area contributed by atoms with Gasteiger partial charge in [0, 0.05) is 45.1 Å². The first kappa shape index (κ1) is 22.2. The lowest BCUT2D eigenvalue weighted by Gasteiger charge is -2.34. The lowest BCUT2D eigenvalue weighted by molar-refractivity contribution is -0.138. The molecule has 2 unspecified atom stereocenters. The Morgan fingerprint density at radius 3 is 2.35 bits per heavy atom. The van der Waals surface area contributed by atoms with Crippen molar-refractivity contribution in [1.29, 1.82) is 0 Å². The van der Waals surface area contributed by atoms with Crippen LogP contribution in [0.15, 0.2) is 0 Å². The molecule has 1 fully saturated rings. The van der Waals surface area contributed by atoms with E-state index in [2.05, 4.69) is 13.8 Å². The Kier molecular flexibility index (Phi) is 11.3. The number of halogens is 1. The quantitative estimate of drug-likeness (QED) is 0.733. The molecule has 2 atom stereocenters. The number of likely N-dealkylation sites (tertiary alicyclic amines) is 1. The van der Waals surface area contributed by atoms with E-state index in [0.29, 0.717) is 18.8 Å². The molecule has 5 nitrogen and oxygen atoms in total. The highest BCUT2D eigenvalue weighted by molar-refractivity contribution is 5.85. The van der Waals surface area contributed by atoms with Crippen molar-refractivity contribution < 1.29 is 9.59 Å². The van der Waals surface area contributed by atoms with Crippen LogP contribution < -0.4 is 5.73 Å². The number of rotatable bonds is 8. The van der Waals surface area contributed by atoms with Gasteiger partial charge in [0.05, 0.1) is 0 Å². The van der Waals surface area contributed by atoms with Gasteiger partial charge in [0.25, 0.3) is 0 Å². The smallest absolute Gasteiger partial charge is 0.223 e. The predicted octanol–water partition coefficient (Wildman–Crippen LogP) is 2.42. The maximum Gasteiger partial charge on any atom is 0.223 e. The van der Waals surface area contributed by atoms with Crippen molar-refractivity contribution >= 4 is 24.2 Å². The van der Waals surface area contributed by atoms with Gasteiger partial charge in [-0.3, -0.25) is 9.59 Å². The van der Waals surface area contributed by atoms with Crippen LogP contribution in [0.3, 0.4) is 0 Å². The Hall–Kier alpha value is -0.810. The van der Waals surface area contributed by atoms with Crippen LogP contribution in [0.2, 0.25) is 0 Å². The van der Waals surface area contributed by atoms with E-state index in [1.165, 1.54) is 0 Å². The Bertz CT molecular complexity index is 358. The van der Waals surface area contributed by atoms with Gasteiger partial charge < -0.3 is 15.5 Å². The molecule has 0 aliphatic carbocycles. The molecule has 0 spiro atoms. The maximum absolute atomic E-state index is 12.3. The summed E-state index contributed by atoms with van der Waals surface area (Å²) in [6.07, 6.45) is 4.70. The summed E-state index contributed by atoms with van der Waals surface area (Å²) < 4.78 is 0. The molecule has 0 aromatic carbocycles. The minimum Gasteiger partial charge on any atom is -0.343 e. The molecule has 2 N–H and O–H groups in total. The van der Waals surface area contributed by atoms with Crippen molar-refractivity contribution in [3.8, 4) is 0 Å². The molecule has 0 aromatic heterocycles. The molecule has 23 heavy (non-hydrogen) atoms. The Morgan fingerprint density at radius 1 is 1.22 bits per heavy atom. The van der Waals surface area contributed by atoms with E-state index in [1.54, 1.807) is 0 Å². The van der Waals surface area contributed by atoms with E-state index >= 15 is 0 Å². The standard InChI is InChI=1S/C17H33N3O2.ClH/c1-4-10-19(11-5-2)16(21)8-9-17(22)20-12-6-7-15(13-20)14(3)18;/h14-15H,4-13,18H2,1-3H3;1H. The minimum absolute atomic E-state index is 0. The van der Waals surface area contributed by atoms with Crippen LogP contribution in [0.25, 0.3) is 0 Å². The third-order valence-corrected chi connectivity index (χ3v) is 4.45. The Morgan fingerprint density at radius 2 is 1.83 bits per heavy atom. The second-order valence-corrected chi connectivity index (χ2v) is 6.48. The summed E-state index contributed by atoms with van der Waals surface area (Å²) in [5.41, 5.74) is 5.96. The number of carbonyl (C=O) groups is 2. The van der Waals surface area contributed by atoms with Crippen LogP contribution in [0, 0.1) is 5.92 Å². The largest absolute Gasteiger partial charge is 0.343 e. The molecule has 6 heteroatoms. The van der Waals surface area contributed by atoms with E-state index in [1.807, 2.05) is 16.7 Å². The number of amides is 2. The summed E-state index contributed by atoms with van der Waals surface area (Å²) in [5, 5.41) is 0. The fourth-order valence-electron chi connectivity index (χ4n) is 3.10. The zero-order valence-electron chi connectivity index (χ0n) is 14.9. The van der Waals surface area contributed by atoms with Crippen molar-refractivity contribution in [2.45, 2.75) is 65.3 Å². The number of hydrogen-bond acceptors (Lipinski definition) is 3. The van der Waals surface area contributed by atoms with E-state index in [0.717, 1.165) is 51.9 Å². The third kappa shape index (κ3) is 7.53. The van der Waals surface area contributed by atoms with Gasteiger partial charge in [0.1, 0.15) is 0 Å². The van der Waals surface area contributed by atoms with Gasteiger partial charge in [0.2, 0.25) is 11.8 Å². The normalized spacial score (nSPS) is 19.0. The second kappa shape index (κ2) is 11.7. The number of nitrogens with two attached hydrogens (primary N) is 1. The van der Waals surface area contributed by atoms with Crippen molar-refractivity contribution in [3.05, 3.63) is 0 Å². The first-order valence-electron chi connectivity index (χ1n) is 8.80. The predicted molar refractivity (Wildman–Crippen MR) is 96.6 cm³/mol. The molecule has 1 aliphatic rings. The van der Waals surface area contributed by atoms with Crippen molar-refractivity contribution in [2.75, 3.05) is 26.2 Å². The second-order valence-electron chi connectivity index (χ2n) is 6.48. The van der Waals surface area contributed by atoms with Crippen molar-refractivity contribution in [3.63, 3.8) is 0 Å². The summed E-state index contributed by atoms with van der Waals surface area (Å²) >= 11 is 0. The summed E-state index contributed by atoms with van der Waals surface area (Å²) in [4.78, 5) is 28.3. The van der Waals surface area contributed by atoms with Gasteiger partial charge in [-0.05, 0) is 38.5 Å². The summed E-state index contributed by atoms with van der Waals surface area (Å²) in [7, 11) is 0. The molecule has 1 heterocycles. The molecule has 0 bridgehead atoms. The average Bonchev–Trinajstić information content (AvgIpc) is 2.52. The van der Waals surface area contributed by atoms with Crippen LogP contribution >= 0.6 is 12.4 Å². The fraction of sp³-hybridized carbons (Fsp3) is 0.882. The van der Waals surface area contributed by atoms with Crippen molar-refractivity contribution in [2.24, 2.45) is 11.7 Å². The Balaban J connectivity index is 0.00000484. The van der Waals surface area contributed by atoms with Crippen LogP contribution in [0.5, 0.6) is 0 Å². The molecule has 0 radical (unpaired) electrons. The minimum atomic E-state index is 0. The lowest BCUT2D eigenvalue weighted by Crippen LogP contribution is -2.45. The number of nitrogens with zero attached hydrogens (tertiary/aromatic N) is 2. The number of carbonyl (C=O) groups excluding carboxylic acids is 2. The zero-order chi connectivity index (χ0) is 16.5. The molecule has 1 rings (SSSR count). The zero-order valence-corrected chi connectivity index (χ0v) is 15.7. The molecular formula is C17H34ClN3O2. The Labute approximate surface area is 147 Å². The summed E-state index contributed by atoms with van der Waals surface area (Å²) in [6.45, 7) is 9.29. The molecule has 136 valence electrons. The van der Waals surface area contributed by atoms with Gasteiger partial charge in [-0.1, -0.05) is 13.8 Å². The van der Waals surface area contributed by atoms with Gasteiger partial charge in [-0.15, -0.1) is 12.4 Å². The molecule has 0 aromatic rings. The van der Waals surface area contributed by atoms with Gasteiger partial charge >= 0.3 is 0 Å². The molecule has 1 aliphatic heterocycles. The number of piperidine rings is 1. The molecular weight excluding hydrogens is 314 g/mol.